The SMILES string of the molecule is CN(C)CCOc1ccc(C(=C2CCc3ccccc32)c2ccccc2)cc1. The van der Waals surface area contributed by atoms with Crippen molar-refractivity contribution in [1.82, 2.24) is 4.90 Å². The van der Waals surface area contributed by atoms with E-state index in [9.17, 15) is 0 Å². The van der Waals surface area contributed by atoms with Gasteiger partial charge in [-0.05, 0) is 72.5 Å². The number of hydrogen-bond acceptors (Lipinski definition) is 2. The predicted molar refractivity (Wildman–Crippen MR) is 118 cm³/mol. The first kappa shape index (κ1) is 18.5. The summed E-state index contributed by atoms with van der Waals surface area (Å²) in [6.45, 7) is 1.62. The van der Waals surface area contributed by atoms with Gasteiger partial charge in [-0.15, -0.1) is 0 Å². The molecule has 4 rings (SSSR count). The van der Waals surface area contributed by atoms with Gasteiger partial charge in [0.05, 0.1) is 0 Å². The van der Waals surface area contributed by atoms with E-state index < -0.39 is 0 Å². The van der Waals surface area contributed by atoms with E-state index in [1.54, 1.807) is 0 Å². The third-order valence-electron chi connectivity index (χ3n) is 5.30. The van der Waals surface area contributed by atoms with Crippen LogP contribution in [0.3, 0.4) is 0 Å². The van der Waals surface area contributed by atoms with Gasteiger partial charge in [0.15, 0.2) is 0 Å². The number of fused-ring (bicyclic) bond motifs is 1. The number of nitrogens with zero attached hydrogens (tertiary/aromatic N) is 1. The molecule has 0 heterocycles. The van der Waals surface area contributed by atoms with Crippen LogP contribution in [0, 0.1) is 0 Å². The van der Waals surface area contributed by atoms with Gasteiger partial charge in [-0.3, -0.25) is 0 Å². The molecule has 0 amide bonds. The summed E-state index contributed by atoms with van der Waals surface area (Å²) in [6, 6.07) is 28.1. The van der Waals surface area contributed by atoms with Crippen LogP contribution in [0.4, 0.5) is 0 Å². The molecule has 1 aliphatic carbocycles. The lowest BCUT2D eigenvalue weighted by molar-refractivity contribution is 0.261. The van der Waals surface area contributed by atoms with Crippen molar-refractivity contribution >= 4 is 11.1 Å². The predicted octanol–water partition coefficient (Wildman–Crippen LogP) is 5.53. The summed E-state index contributed by atoms with van der Waals surface area (Å²) in [5.74, 6) is 0.926. The Morgan fingerprint density at radius 2 is 1.46 bits per heavy atom. The quantitative estimate of drug-likeness (QED) is 0.566. The van der Waals surface area contributed by atoms with Crippen molar-refractivity contribution in [3.8, 4) is 5.75 Å². The Morgan fingerprint density at radius 3 is 2.21 bits per heavy atom. The maximum absolute atomic E-state index is 5.88. The van der Waals surface area contributed by atoms with Gasteiger partial charge < -0.3 is 9.64 Å². The van der Waals surface area contributed by atoms with Crippen LogP contribution < -0.4 is 4.74 Å². The van der Waals surface area contributed by atoms with Gasteiger partial charge in [0.2, 0.25) is 0 Å². The molecule has 2 heteroatoms. The summed E-state index contributed by atoms with van der Waals surface area (Å²) < 4.78 is 5.88. The molecular formula is C26H27NO. The highest BCUT2D eigenvalue weighted by atomic mass is 16.5. The Hall–Kier alpha value is -2.84. The number of rotatable bonds is 6. The normalized spacial score (nSPS) is 14.8. The summed E-state index contributed by atoms with van der Waals surface area (Å²) in [4.78, 5) is 2.13. The third-order valence-corrected chi connectivity index (χ3v) is 5.30. The lowest BCUT2D eigenvalue weighted by Gasteiger charge is -2.15. The molecule has 0 spiro atoms. The number of ether oxygens (including phenoxy) is 1. The second kappa shape index (κ2) is 8.45. The molecule has 0 saturated carbocycles. The first-order valence-electron chi connectivity index (χ1n) is 9.97. The van der Waals surface area contributed by atoms with Gasteiger partial charge in [-0.25, -0.2) is 0 Å². The Labute approximate surface area is 168 Å². The summed E-state index contributed by atoms with van der Waals surface area (Å²) in [6.07, 6.45) is 2.21. The summed E-state index contributed by atoms with van der Waals surface area (Å²) in [5.41, 5.74) is 8.16. The minimum Gasteiger partial charge on any atom is -0.492 e. The molecular weight excluding hydrogens is 342 g/mol. The van der Waals surface area contributed by atoms with Crippen molar-refractivity contribution in [3.05, 3.63) is 101 Å². The van der Waals surface area contributed by atoms with Gasteiger partial charge in [-0.2, -0.15) is 0 Å². The standard InChI is InChI=1S/C26H27NO/c1-27(2)18-19-28-23-15-12-22(13-16-23)26(21-9-4-3-5-10-21)25-17-14-20-8-6-7-11-24(20)25/h3-13,15-16H,14,17-19H2,1-2H3. The highest BCUT2D eigenvalue weighted by molar-refractivity contribution is 6.00. The molecule has 0 bridgehead atoms. The number of hydrogen-bond donors (Lipinski definition) is 0. The second-order valence-electron chi connectivity index (χ2n) is 7.55. The van der Waals surface area contributed by atoms with E-state index >= 15 is 0 Å². The van der Waals surface area contributed by atoms with Gasteiger partial charge in [0, 0.05) is 6.54 Å². The van der Waals surface area contributed by atoms with Crippen molar-refractivity contribution in [2.45, 2.75) is 12.8 Å². The van der Waals surface area contributed by atoms with Crippen LogP contribution in [0.2, 0.25) is 0 Å². The molecule has 0 N–H and O–H groups in total. The van der Waals surface area contributed by atoms with Gasteiger partial charge >= 0.3 is 0 Å². The highest BCUT2D eigenvalue weighted by Crippen LogP contribution is 2.40. The van der Waals surface area contributed by atoms with Crippen LogP contribution in [0.25, 0.3) is 11.1 Å². The smallest absolute Gasteiger partial charge is 0.119 e. The van der Waals surface area contributed by atoms with Crippen LogP contribution in [0.1, 0.15) is 28.7 Å². The lowest BCUT2D eigenvalue weighted by atomic mass is 9.90. The van der Waals surface area contributed by atoms with E-state index in [1.807, 2.05) is 0 Å². The Balaban J connectivity index is 1.71. The van der Waals surface area contributed by atoms with E-state index in [-0.39, 0.29) is 0 Å². The highest BCUT2D eigenvalue weighted by Gasteiger charge is 2.21. The summed E-state index contributed by atoms with van der Waals surface area (Å²) in [7, 11) is 4.12. The molecule has 0 aromatic heterocycles. The first-order valence-corrected chi connectivity index (χ1v) is 9.97. The molecule has 0 aliphatic heterocycles. The van der Waals surface area contributed by atoms with Crippen molar-refractivity contribution in [1.29, 1.82) is 0 Å². The van der Waals surface area contributed by atoms with Crippen LogP contribution in [0.15, 0.2) is 78.9 Å². The molecule has 0 atom stereocenters. The molecule has 0 fully saturated rings. The van der Waals surface area contributed by atoms with Crippen molar-refractivity contribution in [3.63, 3.8) is 0 Å². The zero-order chi connectivity index (χ0) is 19.3. The fourth-order valence-electron chi connectivity index (χ4n) is 3.87. The molecule has 28 heavy (non-hydrogen) atoms. The summed E-state index contributed by atoms with van der Waals surface area (Å²) in [5, 5.41) is 0. The van der Waals surface area contributed by atoms with Crippen LogP contribution in [-0.2, 0) is 6.42 Å². The van der Waals surface area contributed by atoms with Crippen LogP contribution in [-0.4, -0.2) is 32.1 Å². The number of allylic oxidation sites excluding steroid dienone is 1. The van der Waals surface area contributed by atoms with Gasteiger partial charge in [-0.1, -0.05) is 66.7 Å². The first-order chi connectivity index (χ1) is 13.7. The van der Waals surface area contributed by atoms with E-state index in [1.165, 1.54) is 33.4 Å². The number of likely N-dealkylation sites (N-methyl/N-ethyl adjacent to an activating group) is 1. The molecule has 0 unspecified atom stereocenters. The Morgan fingerprint density at radius 1 is 0.786 bits per heavy atom. The van der Waals surface area contributed by atoms with Crippen LogP contribution in [0.5, 0.6) is 5.75 Å². The minimum absolute atomic E-state index is 0.701. The molecule has 3 aromatic carbocycles. The van der Waals surface area contributed by atoms with E-state index in [0.29, 0.717) is 6.61 Å². The molecule has 142 valence electrons. The van der Waals surface area contributed by atoms with Crippen LogP contribution >= 0.6 is 0 Å². The largest absolute Gasteiger partial charge is 0.492 e. The Bertz CT molecular complexity index is 955. The average molecular weight is 370 g/mol. The van der Waals surface area contributed by atoms with Crippen molar-refractivity contribution in [2.75, 3.05) is 27.2 Å². The van der Waals surface area contributed by atoms with Crippen molar-refractivity contribution in [2.24, 2.45) is 0 Å². The number of benzene rings is 3. The minimum atomic E-state index is 0.701. The molecule has 0 radical (unpaired) electrons. The maximum atomic E-state index is 5.88. The van der Waals surface area contributed by atoms with Gasteiger partial charge in [0.1, 0.15) is 12.4 Å². The van der Waals surface area contributed by atoms with E-state index in [2.05, 4.69) is 97.9 Å². The zero-order valence-corrected chi connectivity index (χ0v) is 16.7. The molecule has 1 aliphatic rings. The maximum Gasteiger partial charge on any atom is 0.119 e. The number of aryl methyl sites for hydroxylation is 1. The topological polar surface area (TPSA) is 12.5 Å². The van der Waals surface area contributed by atoms with E-state index in [4.69, 9.17) is 4.74 Å². The monoisotopic (exact) mass is 369 g/mol. The molecule has 3 aromatic rings. The fraction of sp³-hybridized carbons (Fsp3) is 0.231. The lowest BCUT2D eigenvalue weighted by Crippen LogP contribution is -2.19. The average Bonchev–Trinajstić information content (AvgIpc) is 3.14. The molecule has 0 saturated heterocycles. The summed E-state index contributed by atoms with van der Waals surface area (Å²) >= 11 is 0. The second-order valence-corrected chi connectivity index (χ2v) is 7.55. The fourth-order valence-corrected chi connectivity index (χ4v) is 3.87. The third kappa shape index (κ3) is 4.02. The van der Waals surface area contributed by atoms with E-state index in [0.717, 1.165) is 25.1 Å². The zero-order valence-electron chi connectivity index (χ0n) is 16.7. The van der Waals surface area contributed by atoms with Crippen molar-refractivity contribution < 1.29 is 4.74 Å². The Kier molecular flexibility index (Phi) is 5.59. The van der Waals surface area contributed by atoms with Gasteiger partial charge in [0.25, 0.3) is 0 Å². The molecule has 2 nitrogen and oxygen atoms in total.